The van der Waals surface area contributed by atoms with E-state index < -0.39 is 0 Å². The molecule has 1 aliphatic rings. The lowest BCUT2D eigenvalue weighted by atomic mass is 10.0. The van der Waals surface area contributed by atoms with Gasteiger partial charge in [0.2, 0.25) is 0 Å². The minimum Gasteiger partial charge on any atom is -0.382 e. The van der Waals surface area contributed by atoms with Crippen LogP contribution in [-0.2, 0) is 0 Å². The van der Waals surface area contributed by atoms with Gasteiger partial charge in [0.15, 0.2) is 5.78 Å². The van der Waals surface area contributed by atoms with Gasteiger partial charge in [0.05, 0.1) is 0 Å². The molecule has 0 atom stereocenters. The molecule has 1 aromatic rings. The number of nitrogens with zero attached hydrogens (tertiary/aromatic N) is 1. The third-order valence-electron chi connectivity index (χ3n) is 3.70. The molecule has 1 fully saturated rings. The lowest BCUT2D eigenvalue weighted by Gasteiger charge is -2.32. The molecule has 19 heavy (non-hydrogen) atoms. The van der Waals surface area contributed by atoms with Gasteiger partial charge in [-0.25, -0.2) is 0 Å². The Hall–Kier alpha value is -1.39. The van der Waals surface area contributed by atoms with Crippen molar-refractivity contribution >= 4 is 11.5 Å². The fraction of sp³-hybridized carbons (Fsp3) is 0.533. The number of benzene rings is 1. The highest BCUT2D eigenvalue weighted by Crippen LogP contribution is 2.17. The molecule has 2 rings (SSSR count). The topological polar surface area (TPSA) is 58.4 Å². The number of rotatable bonds is 5. The predicted molar refractivity (Wildman–Crippen MR) is 78.6 cm³/mol. The minimum absolute atomic E-state index is 0.113. The molecule has 1 aliphatic heterocycles. The summed E-state index contributed by atoms with van der Waals surface area (Å²) in [4.78, 5) is 13.6. The van der Waals surface area contributed by atoms with Crippen molar-refractivity contribution in [1.82, 2.24) is 4.90 Å². The van der Waals surface area contributed by atoms with E-state index in [2.05, 4.69) is 10.2 Å². The zero-order valence-electron chi connectivity index (χ0n) is 11.6. The van der Waals surface area contributed by atoms with Gasteiger partial charge in [0, 0.05) is 43.5 Å². The van der Waals surface area contributed by atoms with Crippen molar-refractivity contribution in [2.75, 3.05) is 31.5 Å². The molecule has 3 N–H and O–H groups in total. The van der Waals surface area contributed by atoms with Crippen LogP contribution >= 0.6 is 0 Å². The number of nitrogens with two attached hydrogens (primary N) is 1. The Morgan fingerprint density at radius 1 is 1.32 bits per heavy atom. The van der Waals surface area contributed by atoms with Crippen LogP contribution in [0.3, 0.4) is 0 Å². The number of hydrogen-bond donors (Lipinski definition) is 2. The molecule has 4 heteroatoms. The van der Waals surface area contributed by atoms with E-state index in [0.717, 1.165) is 50.3 Å². The summed E-state index contributed by atoms with van der Waals surface area (Å²) in [5, 5.41) is 3.54. The van der Waals surface area contributed by atoms with Crippen molar-refractivity contribution in [3.05, 3.63) is 29.8 Å². The molecule has 0 saturated carbocycles. The highest BCUT2D eigenvalue weighted by atomic mass is 16.1. The normalized spacial score (nSPS) is 17.4. The molecule has 0 unspecified atom stereocenters. The number of piperidine rings is 1. The number of carbonyl (C=O) groups is 1. The van der Waals surface area contributed by atoms with E-state index in [1.807, 2.05) is 24.3 Å². The standard InChI is InChI=1S/C15H23N3O/c1-12(19)13-2-4-14(5-3-13)17-15-6-9-18(10-7-15)11-8-16/h2-5,15,17H,6-11,16H2,1H3. The summed E-state index contributed by atoms with van der Waals surface area (Å²) in [6.07, 6.45) is 2.29. The zero-order chi connectivity index (χ0) is 13.7. The van der Waals surface area contributed by atoms with Crippen LogP contribution in [0.25, 0.3) is 0 Å². The largest absolute Gasteiger partial charge is 0.382 e. The van der Waals surface area contributed by atoms with Gasteiger partial charge < -0.3 is 16.0 Å². The summed E-state index contributed by atoms with van der Waals surface area (Å²) in [5.74, 6) is 0.113. The van der Waals surface area contributed by atoms with Crippen LogP contribution in [0.1, 0.15) is 30.1 Å². The maximum absolute atomic E-state index is 11.2. The summed E-state index contributed by atoms with van der Waals surface area (Å²) in [7, 11) is 0. The Labute approximate surface area is 115 Å². The van der Waals surface area contributed by atoms with Crippen molar-refractivity contribution in [2.45, 2.75) is 25.8 Å². The summed E-state index contributed by atoms with van der Waals surface area (Å²) in [6, 6.07) is 8.27. The number of hydrogen-bond acceptors (Lipinski definition) is 4. The van der Waals surface area contributed by atoms with E-state index in [1.165, 1.54) is 0 Å². The molecule has 4 nitrogen and oxygen atoms in total. The molecule has 0 aliphatic carbocycles. The first kappa shape index (κ1) is 14.0. The maximum Gasteiger partial charge on any atom is 0.159 e. The van der Waals surface area contributed by atoms with E-state index in [0.29, 0.717) is 6.04 Å². The molecule has 0 aromatic heterocycles. The second kappa shape index (κ2) is 6.68. The van der Waals surface area contributed by atoms with Crippen LogP contribution in [0.4, 0.5) is 5.69 Å². The van der Waals surface area contributed by atoms with Crippen LogP contribution in [0, 0.1) is 0 Å². The SMILES string of the molecule is CC(=O)c1ccc(NC2CCN(CCN)CC2)cc1. The van der Waals surface area contributed by atoms with Gasteiger partial charge in [-0.2, -0.15) is 0 Å². The van der Waals surface area contributed by atoms with E-state index in [9.17, 15) is 4.79 Å². The Kier molecular flexibility index (Phi) is 4.93. The molecular formula is C15H23N3O. The lowest BCUT2D eigenvalue weighted by Crippen LogP contribution is -2.41. The summed E-state index contributed by atoms with van der Waals surface area (Å²) in [5.41, 5.74) is 7.44. The van der Waals surface area contributed by atoms with Crippen LogP contribution in [-0.4, -0.2) is 42.9 Å². The number of anilines is 1. The van der Waals surface area contributed by atoms with E-state index >= 15 is 0 Å². The molecule has 0 amide bonds. The molecule has 0 bridgehead atoms. The molecule has 1 saturated heterocycles. The Balaban J connectivity index is 1.83. The fourth-order valence-corrected chi connectivity index (χ4v) is 2.52. The van der Waals surface area contributed by atoms with Gasteiger partial charge in [-0.05, 0) is 44.0 Å². The first-order valence-electron chi connectivity index (χ1n) is 6.99. The second-order valence-corrected chi connectivity index (χ2v) is 5.18. The highest BCUT2D eigenvalue weighted by molar-refractivity contribution is 5.94. The van der Waals surface area contributed by atoms with Crippen LogP contribution in [0.2, 0.25) is 0 Å². The van der Waals surface area contributed by atoms with Gasteiger partial charge in [-0.1, -0.05) is 0 Å². The average Bonchev–Trinajstić information content (AvgIpc) is 2.42. The van der Waals surface area contributed by atoms with E-state index in [1.54, 1.807) is 6.92 Å². The molecule has 1 aromatic carbocycles. The Bertz CT molecular complexity index is 408. The third-order valence-corrected chi connectivity index (χ3v) is 3.70. The first-order valence-corrected chi connectivity index (χ1v) is 6.99. The average molecular weight is 261 g/mol. The zero-order valence-corrected chi connectivity index (χ0v) is 11.6. The summed E-state index contributed by atoms with van der Waals surface area (Å²) < 4.78 is 0. The number of Topliss-reactive ketones (excluding diaryl/α,β-unsaturated/α-hetero) is 1. The Morgan fingerprint density at radius 3 is 2.47 bits per heavy atom. The van der Waals surface area contributed by atoms with Crippen molar-refractivity contribution < 1.29 is 4.79 Å². The minimum atomic E-state index is 0.113. The quantitative estimate of drug-likeness (QED) is 0.792. The third kappa shape index (κ3) is 4.04. The molecule has 1 heterocycles. The smallest absolute Gasteiger partial charge is 0.159 e. The fourth-order valence-electron chi connectivity index (χ4n) is 2.52. The van der Waals surface area contributed by atoms with Gasteiger partial charge in [-0.3, -0.25) is 4.79 Å². The van der Waals surface area contributed by atoms with Gasteiger partial charge >= 0.3 is 0 Å². The van der Waals surface area contributed by atoms with E-state index in [-0.39, 0.29) is 5.78 Å². The number of carbonyl (C=O) groups excluding carboxylic acids is 1. The van der Waals surface area contributed by atoms with Crippen LogP contribution in [0.15, 0.2) is 24.3 Å². The summed E-state index contributed by atoms with van der Waals surface area (Å²) in [6.45, 7) is 5.56. The molecular weight excluding hydrogens is 238 g/mol. The molecule has 0 spiro atoms. The van der Waals surface area contributed by atoms with Gasteiger partial charge in [0.1, 0.15) is 0 Å². The van der Waals surface area contributed by atoms with Gasteiger partial charge in [0.25, 0.3) is 0 Å². The van der Waals surface area contributed by atoms with Crippen molar-refractivity contribution in [3.8, 4) is 0 Å². The van der Waals surface area contributed by atoms with Crippen molar-refractivity contribution in [3.63, 3.8) is 0 Å². The predicted octanol–water partition coefficient (Wildman–Crippen LogP) is 1.72. The number of nitrogens with one attached hydrogen (secondary N) is 1. The van der Waals surface area contributed by atoms with Crippen molar-refractivity contribution in [2.24, 2.45) is 5.73 Å². The van der Waals surface area contributed by atoms with Crippen LogP contribution < -0.4 is 11.1 Å². The number of likely N-dealkylation sites (tertiary alicyclic amines) is 1. The monoisotopic (exact) mass is 261 g/mol. The van der Waals surface area contributed by atoms with Crippen molar-refractivity contribution in [1.29, 1.82) is 0 Å². The van der Waals surface area contributed by atoms with Crippen LogP contribution in [0.5, 0.6) is 0 Å². The second-order valence-electron chi connectivity index (χ2n) is 5.18. The molecule has 0 radical (unpaired) electrons. The molecule has 104 valence electrons. The Morgan fingerprint density at radius 2 is 1.95 bits per heavy atom. The highest BCUT2D eigenvalue weighted by Gasteiger charge is 2.18. The summed E-state index contributed by atoms with van der Waals surface area (Å²) >= 11 is 0. The maximum atomic E-state index is 11.2. The number of ketones is 1. The van der Waals surface area contributed by atoms with E-state index in [4.69, 9.17) is 5.73 Å². The van der Waals surface area contributed by atoms with Gasteiger partial charge in [-0.15, -0.1) is 0 Å². The lowest BCUT2D eigenvalue weighted by molar-refractivity contribution is 0.101. The first-order chi connectivity index (χ1) is 9.19.